The van der Waals surface area contributed by atoms with Crippen LogP contribution in [0.25, 0.3) is 11.0 Å². The summed E-state index contributed by atoms with van der Waals surface area (Å²) in [6.07, 6.45) is -0.239. The molecular formula is C19H18ClN3O2. The maximum atomic E-state index is 12.4. The molecule has 0 aliphatic carbocycles. The molecule has 0 atom stereocenters. The molecule has 5 nitrogen and oxygen atoms in total. The molecule has 6 heteroatoms. The van der Waals surface area contributed by atoms with Gasteiger partial charge in [-0.3, -0.25) is 0 Å². The van der Waals surface area contributed by atoms with E-state index in [1.54, 1.807) is 13.8 Å². The molecule has 2 aromatic carbocycles. The molecule has 1 aromatic heterocycles. The van der Waals surface area contributed by atoms with Crippen LogP contribution < -0.4 is 5.32 Å². The number of halogens is 1. The number of hydrogen-bond donors (Lipinski definition) is 1. The van der Waals surface area contributed by atoms with Gasteiger partial charge in [0.15, 0.2) is 11.5 Å². The number of benzene rings is 2. The van der Waals surface area contributed by atoms with Crippen LogP contribution in [0, 0.1) is 0 Å². The van der Waals surface area contributed by atoms with E-state index in [0.29, 0.717) is 28.4 Å². The van der Waals surface area contributed by atoms with Crippen molar-refractivity contribution < 1.29 is 9.53 Å². The van der Waals surface area contributed by atoms with Crippen LogP contribution in [0.4, 0.5) is 5.82 Å². The fourth-order valence-electron chi connectivity index (χ4n) is 2.36. The highest BCUT2D eigenvalue weighted by Crippen LogP contribution is 2.21. The lowest BCUT2D eigenvalue weighted by Gasteiger charge is -2.13. The molecule has 128 valence electrons. The Morgan fingerprint density at radius 2 is 1.72 bits per heavy atom. The number of aromatic nitrogens is 2. The number of nitrogens with one attached hydrogen (secondary N) is 1. The lowest BCUT2D eigenvalue weighted by molar-refractivity contribution is 0.0372. The minimum absolute atomic E-state index is 0.166. The molecule has 0 unspecified atom stereocenters. The zero-order valence-corrected chi connectivity index (χ0v) is 14.7. The Balaban J connectivity index is 1.96. The van der Waals surface area contributed by atoms with Gasteiger partial charge in [0, 0.05) is 11.6 Å². The number of ether oxygens (including phenoxy) is 1. The molecule has 3 rings (SSSR count). The van der Waals surface area contributed by atoms with E-state index in [1.165, 1.54) is 0 Å². The fourth-order valence-corrected chi connectivity index (χ4v) is 2.56. The Labute approximate surface area is 151 Å². The highest BCUT2D eigenvalue weighted by molar-refractivity contribution is 6.31. The number of hydrogen-bond acceptors (Lipinski definition) is 5. The number of fused-ring (bicyclic) bond motifs is 1. The van der Waals surface area contributed by atoms with Crippen LogP contribution in [-0.4, -0.2) is 22.0 Å². The van der Waals surface area contributed by atoms with Gasteiger partial charge in [-0.25, -0.2) is 14.8 Å². The van der Waals surface area contributed by atoms with Gasteiger partial charge in [0.1, 0.15) is 0 Å². The van der Waals surface area contributed by atoms with Crippen LogP contribution in [0.5, 0.6) is 0 Å². The third-order valence-corrected chi connectivity index (χ3v) is 3.88. The molecule has 25 heavy (non-hydrogen) atoms. The van der Waals surface area contributed by atoms with Gasteiger partial charge in [-0.05, 0) is 37.6 Å². The second kappa shape index (κ2) is 7.49. The third kappa shape index (κ3) is 4.06. The summed E-state index contributed by atoms with van der Waals surface area (Å²) in [5.74, 6) is -0.126. The van der Waals surface area contributed by atoms with Gasteiger partial charge in [0.05, 0.1) is 17.1 Å². The van der Waals surface area contributed by atoms with Crippen molar-refractivity contribution in [2.45, 2.75) is 26.5 Å². The van der Waals surface area contributed by atoms with Crippen molar-refractivity contribution in [2.24, 2.45) is 0 Å². The molecule has 0 radical (unpaired) electrons. The minimum atomic E-state index is -0.505. The number of carbonyl (C=O) groups is 1. The molecule has 3 aromatic rings. The minimum Gasteiger partial charge on any atom is -0.458 e. The molecule has 0 fully saturated rings. The third-order valence-electron chi connectivity index (χ3n) is 3.51. The Kier molecular flexibility index (Phi) is 5.14. The molecule has 0 aliphatic rings. The molecule has 1 N–H and O–H groups in total. The van der Waals surface area contributed by atoms with Crippen LogP contribution in [0.2, 0.25) is 5.02 Å². The second-order valence-electron chi connectivity index (χ2n) is 5.81. The van der Waals surface area contributed by atoms with Crippen LogP contribution in [-0.2, 0) is 11.3 Å². The van der Waals surface area contributed by atoms with E-state index in [2.05, 4.69) is 15.3 Å². The predicted octanol–water partition coefficient (Wildman–Crippen LogP) is 4.46. The number of para-hydroxylation sites is 2. The van der Waals surface area contributed by atoms with E-state index < -0.39 is 5.97 Å². The smallest absolute Gasteiger partial charge is 0.361 e. The zero-order chi connectivity index (χ0) is 17.8. The summed E-state index contributed by atoms with van der Waals surface area (Å²) >= 11 is 6.19. The van der Waals surface area contributed by atoms with E-state index in [-0.39, 0.29) is 11.8 Å². The highest BCUT2D eigenvalue weighted by atomic mass is 35.5. The number of anilines is 1. The van der Waals surface area contributed by atoms with Crippen molar-refractivity contribution in [3.8, 4) is 0 Å². The van der Waals surface area contributed by atoms with Crippen LogP contribution >= 0.6 is 11.6 Å². The van der Waals surface area contributed by atoms with Gasteiger partial charge in [-0.15, -0.1) is 0 Å². The van der Waals surface area contributed by atoms with Crippen molar-refractivity contribution in [3.05, 3.63) is 64.8 Å². The fraction of sp³-hybridized carbons (Fsp3) is 0.211. The van der Waals surface area contributed by atoms with Crippen molar-refractivity contribution in [1.29, 1.82) is 0 Å². The maximum absolute atomic E-state index is 12.4. The number of carbonyl (C=O) groups excluding carboxylic acids is 1. The first-order valence-corrected chi connectivity index (χ1v) is 8.37. The summed E-state index contributed by atoms with van der Waals surface area (Å²) in [7, 11) is 0. The number of esters is 1. The first-order valence-electron chi connectivity index (χ1n) is 7.99. The van der Waals surface area contributed by atoms with Gasteiger partial charge in [-0.1, -0.05) is 41.9 Å². The van der Waals surface area contributed by atoms with Gasteiger partial charge < -0.3 is 10.1 Å². The van der Waals surface area contributed by atoms with Crippen LogP contribution in [0.3, 0.4) is 0 Å². The Hall–Kier alpha value is -2.66. The Morgan fingerprint density at radius 3 is 2.40 bits per heavy atom. The van der Waals surface area contributed by atoms with Crippen LogP contribution in [0.15, 0.2) is 48.5 Å². The van der Waals surface area contributed by atoms with Crippen molar-refractivity contribution >= 4 is 34.4 Å². The van der Waals surface area contributed by atoms with E-state index in [4.69, 9.17) is 16.3 Å². The molecule has 0 aliphatic heterocycles. The van der Waals surface area contributed by atoms with E-state index in [0.717, 1.165) is 5.56 Å². The summed E-state index contributed by atoms with van der Waals surface area (Å²) in [6.45, 7) is 4.01. The van der Waals surface area contributed by atoms with Crippen molar-refractivity contribution in [3.63, 3.8) is 0 Å². The molecule has 1 heterocycles. The normalized spacial score (nSPS) is 10.9. The Morgan fingerprint density at radius 1 is 1.08 bits per heavy atom. The highest BCUT2D eigenvalue weighted by Gasteiger charge is 2.19. The van der Waals surface area contributed by atoms with E-state index in [1.807, 2.05) is 48.5 Å². The van der Waals surface area contributed by atoms with Gasteiger partial charge in [0.2, 0.25) is 0 Å². The molecule has 0 saturated carbocycles. The Bertz CT molecular complexity index is 912. The summed E-state index contributed by atoms with van der Waals surface area (Å²) in [6, 6.07) is 14.9. The molecule has 0 bridgehead atoms. The first-order chi connectivity index (χ1) is 12.0. The van der Waals surface area contributed by atoms with Crippen molar-refractivity contribution in [2.75, 3.05) is 5.32 Å². The second-order valence-corrected chi connectivity index (χ2v) is 6.22. The molecule has 0 saturated heterocycles. The summed E-state index contributed by atoms with van der Waals surface area (Å²) in [5, 5.41) is 3.81. The quantitative estimate of drug-likeness (QED) is 0.684. The van der Waals surface area contributed by atoms with Gasteiger partial charge in [0.25, 0.3) is 0 Å². The number of nitrogens with zero attached hydrogens (tertiary/aromatic N) is 2. The van der Waals surface area contributed by atoms with Gasteiger partial charge >= 0.3 is 5.97 Å². The van der Waals surface area contributed by atoms with E-state index >= 15 is 0 Å². The SMILES string of the molecule is CC(C)OC(=O)c1nc2ccccc2nc1NCc1ccccc1Cl. The molecule has 0 spiro atoms. The first kappa shape index (κ1) is 17.2. The summed E-state index contributed by atoms with van der Waals surface area (Å²) in [5.41, 5.74) is 2.41. The van der Waals surface area contributed by atoms with Gasteiger partial charge in [-0.2, -0.15) is 0 Å². The topological polar surface area (TPSA) is 64.1 Å². The largest absolute Gasteiger partial charge is 0.458 e. The standard InChI is InChI=1S/C19H18ClN3O2/c1-12(2)25-19(24)17-18(21-11-13-7-3-4-8-14(13)20)23-16-10-6-5-9-15(16)22-17/h3-10,12H,11H2,1-2H3,(H,21,23). The number of rotatable bonds is 5. The maximum Gasteiger partial charge on any atom is 0.361 e. The predicted molar refractivity (Wildman–Crippen MR) is 98.9 cm³/mol. The molecular weight excluding hydrogens is 338 g/mol. The van der Waals surface area contributed by atoms with Crippen LogP contribution in [0.1, 0.15) is 29.9 Å². The molecule has 0 amide bonds. The lowest BCUT2D eigenvalue weighted by atomic mass is 10.2. The summed E-state index contributed by atoms with van der Waals surface area (Å²) in [4.78, 5) is 21.4. The summed E-state index contributed by atoms with van der Waals surface area (Å²) < 4.78 is 5.29. The average molecular weight is 356 g/mol. The average Bonchev–Trinajstić information content (AvgIpc) is 2.59. The lowest BCUT2D eigenvalue weighted by Crippen LogP contribution is -2.17. The monoisotopic (exact) mass is 355 g/mol. The van der Waals surface area contributed by atoms with E-state index in [9.17, 15) is 4.79 Å². The zero-order valence-electron chi connectivity index (χ0n) is 14.0. The van der Waals surface area contributed by atoms with Crippen molar-refractivity contribution in [1.82, 2.24) is 9.97 Å².